The van der Waals surface area contributed by atoms with Crippen molar-refractivity contribution in [2.24, 2.45) is 0 Å². The van der Waals surface area contributed by atoms with Crippen LogP contribution in [0.3, 0.4) is 0 Å². The van der Waals surface area contributed by atoms with Gasteiger partial charge in [-0.3, -0.25) is 5.10 Å². The molecule has 8 heteroatoms. The van der Waals surface area contributed by atoms with Crippen LogP contribution in [0, 0.1) is 6.92 Å². The Morgan fingerprint density at radius 3 is 2.47 bits per heavy atom. The zero-order valence-electron chi connectivity index (χ0n) is 25.4. The second-order valence-corrected chi connectivity index (χ2v) is 13.9. The first-order chi connectivity index (χ1) is 20.6. The Balaban J connectivity index is 1.54. The first-order valence-electron chi connectivity index (χ1n) is 15.2. The monoisotopic (exact) mass is 615 g/mol. The smallest absolute Gasteiger partial charge is 0.339 e. The van der Waals surface area contributed by atoms with Crippen molar-refractivity contribution in [1.82, 2.24) is 15.2 Å². The van der Waals surface area contributed by atoms with Gasteiger partial charge in [0.25, 0.3) is 0 Å². The van der Waals surface area contributed by atoms with E-state index in [4.69, 9.17) is 26.1 Å². The van der Waals surface area contributed by atoms with E-state index >= 15 is 0 Å². The number of benzene rings is 3. The van der Waals surface area contributed by atoms with Gasteiger partial charge < -0.3 is 9.47 Å². The number of carbonyl (C=O) groups is 1. The summed E-state index contributed by atoms with van der Waals surface area (Å²) in [4.78, 5) is 18.6. The van der Waals surface area contributed by atoms with Crippen molar-refractivity contribution in [2.45, 2.75) is 84.3 Å². The minimum Gasteiger partial charge on any atom is -0.464 e. The Labute approximate surface area is 261 Å². The number of ether oxygens (including phenoxy) is 2. The van der Waals surface area contributed by atoms with Crippen molar-refractivity contribution in [1.29, 1.82) is 0 Å². The molecule has 0 unspecified atom stereocenters. The third-order valence-corrected chi connectivity index (χ3v) is 9.53. The molecule has 5 aromatic rings. The molecule has 6 rings (SSSR count). The SMILES string of the molecule is CCOC(=O)[C@@H](OC(C)(C)C)c1c(C)cc2nc(-c3ccc4n[nH]c(C5CCCCC5)c4c3)sc2c1-c1ccc(Cl)cc1. The number of halogens is 1. The van der Waals surface area contributed by atoms with Crippen LogP contribution in [0.1, 0.15) is 88.6 Å². The number of fused-ring (bicyclic) bond motifs is 2. The van der Waals surface area contributed by atoms with Gasteiger partial charge in [-0.15, -0.1) is 11.3 Å². The molecule has 0 amide bonds. The zero-order chi connectivity index (χ0) is 30.3. The molecule has 2 aromatic heterocycles. The lowest BCUT2D eigenvalue weighted by atomic mass is 9.86. The Bertz CT molecular complexity index is 1780. The molecule has 1 fully saturated rings. The summed E-state index contributed by atoms with van der Waals surface area (Å²) in [5.41, 5.74) is 7.17. The van der Waals surface area contributed by atoms with Crippen molar-refractivity contribution in [3.63, 3.8) is 0 Å². The summed E-state index contributed by atoms with van der Waals surface area (Å²) in [6.45, 7) is 9.95. The molecule has 0 saturated heterocycles. The highest BCUT2D eigenvalue weighted by atomic mass is 35.5. The van der Waals surface area contributed by atoms with Gasteiger partial charge in [-0.2, -0.15) is 5.10 Å². The highest BCUT2D eigenvalue weighted by Crippen LogP contribution is 2.45. The molecule has 6 nitrogen and oxygen atoms in total. The minimum absolute atomic E-state index is 0.268. The van der Waals surface area contributed by atoms with Crippen LogP contribution in [0.4, 0.5) is 0 Å². The number of carbonyl (C=O) groups excluding carboxylic acids is 1. The van der Waals surface area contributed by atoms with E-state index in [1.54, 1.807) is 11.3 Å². The molecule has 0 spiro atoms. The number of aromatic nitrogens is 3. The van der Waals surface area contributed by atoms with Crippen molar-refractivity contribution < 1.29 is 14.3 Å². The van der Waals surface area contributed by atoms with Gasteiger partial charge in [0, 0.05) is 38.7 Å². The van der Waals surface area contributed by atoms with Crippen LogP contribution in [0.2, 0.25) is 5.02 Å². The van der Waals surface area contributed by atoms with Gasteiger partial charge in [0.05, 0.1) is 27.9 Å². The number of aryl methyl sites for hydroxylation is 1. The van der Waals surface area contributed by atoms with Crippen LogP contribution in [0.25, 0.3) is 42.8 Å². The summed E-state index contributed by atoms with van der Waals surface area (Å²) in [5.74, 6) is 0.120. The molecule has 43 heavy (non-hydrogen) atoms. The maximum atomic E-state index is 13.4. The number of hydrogen-bond donors (Lipinski definition) is 1. The molecular formula is C35H38ClN3O3S. The number of thiazole rings is 1. The summed E-state index contributed by atoms with van der Waals surface area (Å²) in [6.07, 6.45) is 5.35. The number of H-pyrrole nitrogens is 1. The number of esters is 1. The van der Waals surface area contributed by atoms with Gasteiger partial charge in [-0.1, -0.05) is 43.0 Å². The van der Waals surface area contributed by atoms with Crippen LogP contribution in [-0.2, 0) is 14.3 Å². The second-order valence-electron chi connectivity index (χ2n) is 12.4. The highest BCUT2D eigenvalue weighted by Gasteiger charge is 2.33. The number of nitrogens with one attached hydrogen (secondary N) is 1. The lowest BCUT2D eigenvalue weighted by molar-refractivity contribution is -0.166. The first-order valence-corrected chi connectivity index (χ1v) is 16.3. The van der Waals surface area contributed by atoms with E-state index in [9.17, 15) is 4.79 Å². The summed E-state index contributed by atoms with van der Waals surface area (Å²) < 4.78 is 13.0. The van der Waals surface area contributed by atoms with Crippen LogP contribution in [0.5, 0.6) is 0 Å². The van der Waals surface area contributed by atoms with Gasteiger partial charge in [0.1, 0.15) is 5.01 Å². The van der Waals surface area contributed by atoms with Crippen molar-refractivity contribution >= 4 is 50.0 Å². The van der Waals surface area contributed by atoms with Crippen LogP contribution in [0.15, 0.2) is 48.5 Å². The molecule has 1 aliphatic rings. The van der Waals surface area contributed by atoms with E-state index in [0.29, 0.717) is 10.9 Å². The molecular weight excluding hydrogens is 578 g/mol. The molecule has 1 saturated carbocycles. The predicted molar refractivity (Wildman–Crippen MR) is 176 cm³/mol. The zero-order valence-corrected chi connectivity index (χ0v) is 27.0. The second kappa shape index (κ2) is 12.0. The van der Waals surface area contributed by atoms with Crippen molar-refractivity contribution in [3.05, 3.63) is 70.4 Å². The van der Waals surface area contributed by atoms with E-state index in [2.05, 4.69) is 34.5 Å². The Morgan fingerprint density at radius 1 is 1.05 bits per heavy atom. The summed E-state index contributed by atoms with van der Waals surface area (Å²) in [6, 6.07) is 16.2. The molecule has 1 atom stereocenters. The van der Waals surface area contributed by atoms with Gasteiger partial charge >= 0.3 is 5.97 Å². The van der Waals surface area contributed by atoms with Crippen LogP contribution >= 0.6 is 22.9 Å². The van der Waals surface area contributed by atoms with E-state index < -0.39 is 17.7 Å². The molecule has 0 aliphatic heterocycles. The standard InChI is InChI=1S/C35H38ClN3O3S/c1-6-41-34(40)31(42-35(3,4)5)28-20(2)18-27-32(29(28)21-12-15-24(36)16-13-21)43-33(37-27)23-14-17-26-25(19-23)30(39-38-26)22-10-8-7-9-11-22/h12-19,22,31H,6-11H2,1-5H3,(H,38,39)/t31-/m0/s1. The van der Waals surface area contributed by atoms with Gasteiger partial charge in [-0.05, 0) is 95.0 Å². The molecule has 0 bridgehead atoms. The average molecular weight is 616 g/mol. The minimum atomic E-state index is -0.902. The highest BCUT2D eigenvalue weighted by molar-refractivity contribution is 7.22. The maximum absolute atomic E-state index is 13.4. The summed E-state index contributed by atoms with van der Waals surface area (Å²) in [5, 5.41) is 10.7. The number of rotatable bonds is 7. The van der Waals surface area contributed by atoms with Crippen molar-refractivity contribution in [3.8, 4) is 21.7 Å². The number of hydrogen-bond acceptors (Lipinski definition) is 6. The molecule has 2 heterocycles. The van der Waals surface area contributed by atoms with E-state index in [1.807, 2.05) is 58.9 Å². The van der Waals surface area contributed by atoms with Gasteiger partial charge in [0.2, 0.25) is 0 Å². The fourth-order valence-electron chi connectivity index (χ4n) is 6.24. The fourth-order valence-corrected chi connectivity index (χ4v) is 7.48. The normalized spacial score (nSPS) is 15.3. The lowest BCUT2D eigenvalue weighted by Crippen LogP contribution is -2.29. The van der Waals surface area contributed by atoms with Crippen LogP contribution in [-0.4, -0.2) is 33.4 Å². The third-order valence-electron chi connectivity index (χ3n) is 8.14. The average Bonchev–Trinajstić information content (AvgIpc) is 3.60. The number of nitrogens with zero attached hydrogens (tertiary/aromatic N) is 2. The molecule has 1 aliphatic carbocycles. The topological polar surface area (TPSA) is 77.1 Å². The molecule has 0 radical (unpaired) electrons. The molecule has 224 valence electrons. The Morgan fingerprint density at radius 2 is 1.77 bits per heavy atom. The van der Waals surface area contributed by atoms with E-state index in [0.717, 1.165) is 48.6 Å². The van der Waals surface area contributed by atoms with E-state index in [1.165, 1.54) is 43.2 Å². The predicted octanol–water partition coefficient (Wildman–Crippen LogP) is 9.94. The lowest BCUT2D eigenvalue weighted by Gasteiger charge is -2.29. The molecule has 3 aromatic carbocycles. The Hall–Kier alpha value is -3.26. The van der Waals surface area contributed by atoms with Gasteiger partial charge in [0.15, 0.2) is 6.10 Å². The van der Waals surface area contributed by atoms with E-state index in [-0.39, 0.29) is 6.61 Å². The third kappa shape index (κ3) is 6.08. The summed E-state index contributed by atoms with van der Waals surface area (Å²) in [7, 11) is 0. The first kappa shape index (κ1) is 29.8. The number of aromatic amines is 1. The van der Waals surface area contributed by atoms with Crippen molar-refractivity contribution in [2.75, 3.05) is 6.61 Å². The maximum Gasteiger partial charge on any atom is 0.339 e. The quantitative estimate of drug-likeness (QED) is 0.184. The largest absolute Gasteiger partial charge is 0.464 e. The Kier molecular flexibility index (Phi) is 8.33. The van der Waals surface area contributed by atoms with Crippen LogP contribution < -0.4 is 0 Å². The summed E-state index contributed by atoms with van der Waals surface area (Å²) >= 11 is 7.93. The fraction of sp³-hybridized carbons (Fsp3) is 0.400. The van der Waals surface area contributed by atoms with Gasteiger partial charge in [-0.25, -0.2) is 9.78 Å². The molecule has 1 N–H and O–H groups in total.